The summed E-state index contributed by atoms with van der Waals surface area (Å²) in [5.41, 5.74) is 0.710. The van der Waals surface area contributed by atoms with E-state index in [9.17, 15) is 17.9 Å². The van der Waals surface area contributed by atoms with Gasteiger partial charge in [0, 0.05) is 21.6 Å². The Morgan fingerprint density at radius 2 is 1.96 bits per heavy atom. The van der Waals surface area contributed by atoms with Gasteiger partial charge in [-0.25, -0.2) is 8.60 Å². The summed E-state index contributed by atoms with van der Waals surface area (Å²) < 4.78 is 36.8. The predicted octanol–water partition coefficient (Wildman–Crippen LogP) is 6.26. The van der Waals surface area contributed by atoms with Gasteiger partial charge in [0.15, 0.2) is 5.78 Å². The molecular formula is C19H17BrCl2FNO3S. The summed E-state index contributed by atoms with van der Waals surface area (Å²) >= 11 is 13.4. The molecule has 2 aromatic carbocycles. The lowest BCUT2D eigenvalue weighted by atomic mass is 10.0. The number of rotatable bonds is 7. The molecule has 1 fully saturated rings. The number of carbonyl (C=O) groups is 1. The van der Waals surface area contributed by atoms with E-state index in [1.165, 1.54) is 16.4 Å². The van der Waals surface area contributed by atoms with Crippen molar-refractivity contribution < 1.29 is 17.9 Å². The quantitative estimate of drug-likeness (QED) is 0.354. The summed E-state index contributed by atoms with van der Waals surface area (Å²) in [6.45, 7) is 1.87. The van der Waals surface area contributed by atoms with E-state index < -0.39 is 22.9 Å². The number of hydrogen-bond acceptors (Lipinski definition) is 2. The fourth-order valence-electron chi connectivity index (χ4n) is 3.11. The molecule has 28 heavy (non-hydrogen) atoms. The first-order chi connectivity index (χ1) is 13.2. The molecule has 2 unspecified atom stereocenters. The smallest absolute Gasteiger partial charge is 0.262 e. The van der Waals surface area contributed by atoms with Crippen molar-refractivity contribution in [2.24, 2.45) is 5.92 Å². The van der Waals surface area contributed by atoms with Crippen LogP contribution in [-0.2, 0) is 11.3 Å². The van der Waals surface area contributed by atoms with Crippen molar-refractivity contribution in [1.29, 1.82) is 0 Å². The van der Waals surface area contributed by atoms with Gasteiger partial charge in [-0.05, 0) is 65.5 Å². The molecule has 0 aliphatic heterocycles. The summed E-state index contributed by atoms with van der Waals surface area (Å²) in [6.07, 6.45) is 3.03. The molecule has 0 spiro atoms. The molecule has 150 valence electrons. The van der Waals surface area contributed by atoms with Gasteiger partial charge in [0.05, 0.1) is 15.7 Å². The Bertz CT molecular complexity index is 955. The second-order valence-corrected chi connectivity index (χ2v) is 9.34. The average molecular weight is 509 g/mol. The fraction of sp³-hybridized carbons (Fsp3) is 0.316. The third-order valence-corrected chi connectivity index (χ3v) is 6.80. The van der Waals surface area contributed by atoms with Crippen molar-refractivity contribution in [3.63, 3.8) is 0 Å². The number of hydrogen-bond donors (Lipinski definition) is 1. The molecule has 2 atom stereocenters. The van der Waals surface area contributed by atoms with Crippen LogP contribution in [0, 0.1) is 11.7 Å². The van der Waals surface area contributed by atoms with E-state index in [1.54, 1.807) is 6.07 Å². The largest absolute Gasteiger partial charge is 0.289 e. The van der Waals surface area contributed by atoms with Gasteiger partial charge in [0.1, 0.15) is 5.82 Å². The Morgan fingerprint density at radius 3 is 2.54 bits per heavy atom. The molecule has 1 saturated carbocycles. The first-order valence-corrected chi connectivity index (χ1v) is 11.2. The van der Waals surface area contributed by atoms with E-state index in [0.29, 0.717) is 16.1 Å². The molecule has 0 bridgehead atoms. The van der Waals surface area contributed by atoms with Crippen molar-refractivity contribution in [2.75, 3.05) is 4.31 Å². The molecule has 3 rings (SSSR count). The van der Waals surface area contributed by atoms with Crippen LogP contribution in [0.15, 0.2) is 34.8 Å². The molecule has 0 amide bonds. The van der Waals surface area contributed by atoms with Crippen molar-refractivity contribution in [2.45, 2.75) is 32.2 Å². The van der Waals surface area contributed by atoms with Crippen molar-refractivity contribution in [3.05, 3.63) is 61.8 Å². The van der Waals surface area contributed by atoms with Gasteiger partial charge in [-0.1, -0.05) is 36.0 Å². The SMILES string of the molecule is CC(CC1CC1)N(c1cc(Br)c(C(=O)c2ccc(F)cc2Cl)cc1Cl)S(=O)O. The first-order valence-electron chi connectivity index (χ1n) is 8.58. The molecule has 9 heteroatoms. The molecule has 1 N–H and O–H groups in total. The van der Waals surface area contributed by atoms with Gasteiger partial charge in [-0.2, -0.15) is 0 Å². The normalized spacial score (nSPS) is 15.9. The monoisotopic (exact) mass is 507 g/mol. The maximum Gasteiger partial charge on any atom is 0.262 e. The highest BCUT2D eigenvalue weighted by molar-refractivity contribution is 9.10. The molecule has 0 saturated heterocycles. The maximum absolute atomic E-state index is 13.3. The minimum absolute atomic E-state index is 0.00626. The zero-order valence-corrected chi connectivity index (χ0v) is 18.7. The third kappa shape index (κ3) is 4.76. The molecule has 0 radical (unpaired) electrons. The van der Waals surface area contributed by atoms with Gasteiger partial charge in [0.2, 0.25) is 0 Å². The molecule has 1 aliphatic carbocycles. The van der Waals surface area contributed by atoms with Crippen LogP contribution in [0.25, 0.3) is 0 Å². The number of anilines is 1. The first kappa shape index (κ1) is 21.7. The zero-order valence-electron chi connectivity index (χ0n) is 14.8. The molecule has 2 aromatic rings. The Hall–Kier alpha value is -0.990. The van der Waals surface area contributed by atoms with E-state index >= 15 is 0 Å². The Morgan fingerprint density at radius 1 is 1.29 bits per heavy atom. The number of ketones is 1. The number of carbonyl (C=O) groups excluding carboxylic acids is 1. The number of halogens is 4. The molecule has 4 nitrogen and oxygen atoms in total. The minimum atomic E-state index is -2.27. The Balaban J connectivity index is 1.97. The van der Waals surface area contributed by atoms with Crippen LogP contribution in [0.2, 0.25) is 10.0 Å². The highest BCUT2D eigenvalue weighted by atomic mass is 79.9. The topological polar surface area (TPSA) is 57.6 Å². The summed E-state index contributed by atoms with van der Waals surface area (Å²) in [6, 6.07) is 6.29. The zero-order chi connectivity index (χ0) is 20.6. The second kappa shape index (κ2) is 8.79. The Kier molecular flexibility index (Phi) is 6.82. The van der Waals surface area contributed by atoms with Crippen LogP contribution in [0.3, 0.4) is 0 Å². The highest BCUT2D eigenvalue weighted by Gasteiger charge is 2.30. The molecular weight excluding hydrogens is 492 g/mol. The van der Waals surface area contributed by atoms with Crippen LogP contribution >= 0.6 is 39.1 Å². The minimum Gasteiger partial charge on any atom is -0.289 e. The summed E-state index contributed by atoms with van der Waals surface area (Å²) in [5.74, 6) is -0.419. The van der Waals surface area contributed by atoms with Crippen LogP contribution in [0.1, 0.15) is 42.1 Å². The van der Waals surface area contributed by atoms with E-state index in [1.807, 2.05) is 6.92 Å². The number of nitrogens with zero attached hydrogens (tertiary/aromatic N) is 1. The van der Waals surface area contributed by atoms with Crippen LogP contribution in [0.4, 0.5) is 10.1 Å². The maximum atomic E-state index is 13.3. The van der Waals surface area contributed by atoms with Crippen molar-refractivity contribution in [3.8, 4) is 0 Å². The van der Waals surface area contributed by atoms with Gasteiger partial charge >= 0.3 is 0 Å². The Labute approximate surface area is 183 Å². The lowest BCUT2D eigenvalue weighted by Gasteiger charge is -2.28. The molecule has 0 aromatic heterocycles. The van der Waals surface area contributed by atoms with Crippen molar-refractivity contribution >= 4 is 61.9 Å². The van der Waals surface area contributed by atoms with Crippen LogP contribution in [-0.4, -0.2) is 20.6 Å². The van der Waals surface area contributed by atoms with E-state index in [4.69, 9.17) is 23.2 Å². The van der Waals surface area contributed by atoms with Gasteiger partial charge in [-0.15, -0.1) is 0 Å². The van der Waals surface area contributed by atoms with Gasteiger partial charge in [0.25, 0.3) is 11.3 Å². The summed E-state index contributed by atoms with van der Waals surface area (Å²) in [5, 5.41) is 0.156. The second-order valence-electron chi connectivity index (χ2n) is 6.82. The lowest BCUT2D eigenvalue weighted by molar-refractivity contribution is 0.103. The van der Waals surface area contributed by atoms with E-state index in [-0.39, 0.29) is 27.2 Å². The highest BCUT2D eigenvalue weighted by Crippen LogP contribution is 2.39. The van der Waals surface area contributed by atoms with Crippen LogP contribution < -0.4 is 4.31 Å². The van der Waals surface area contributed by atoms with Crippen molar-refractivity contribution in [1.82, 2.24) is 0 Å². The fourth-order valence-corrected chi connectivity index (χ4v) is 4.89. The molecule has 1 aliphatic rings. The van der Waals surface area contributed by atoms with E-state index in [0.717, 1.165) is 31.4 Å². The van der Waals surface area contributed by atoms with E-state index in [2.05, 4.69) is 15.9 Å². The lowest BCUT2D eigenvalue weighted by Crippen LogP contribution is -2.35. The number of benzene rings is 2. The van der Waals surface area contributed by atoms with Gasteiger partial charge < -0.3 is 0 Å². The summed E-state index contributed by atoms with van der Waals surface area (Å²) in [4.78, 5) is 12.8. The average Bonchev–Trinajstić information content (AvgIpc) is 3.41. The standard InChI is InChI=1S/C19H17BrCl2FNO3S/c1-10(6-11-2-3-11)24(28(26)27)18-9-15(20)14(8-17(18)22)19(25)13-5-4-12(23)7-16(13)21/h4-5,7-11H,2-3,6H2,1H3,(H,26,27). The molecule has 0 heterocycles. The van der Waals surface area contributed by atoms with Gasteiger partial charge in [-0.3, -0.25) is 13.7 Å². The van der Waals surface area contributed by atoms with Crippen LogP contribution in [0.5, 0.6) is 0 Å². The summed E-state index contributed by atoms with van der Waals surface area (Å²) in [7, 11) is 0. The predicted molar refractivity (Wildman–Crippen MR) is 114 cm³/mol. The third-order valence-electron chi connectivity index (χ3n) is 4.63.